The van der Waals surface area contributed by atoms with Crippen molar-refractivity contribution in [1.82, 2.24) is 0 Å². The first-order chi connectivity index (χ1) is 13.5. The Morgan fingerprint density at radius 3 is 1.45 bits per heavy atom. The van der Waals surface area contributed by atoms with Crippen LogP contribution in [0.5, 0.6) is 0 Å². The summed E-state index contributed by atoms with van der Waals surface area (Å²) in [6.07, 6.45) is 5.14. The second-order valence-corrected chi connectivity index (χ2v) is 19.0. The quantitative estimate of drug-likeness (QED) is 0.266. The Morgan fingerprint density at radius 2 is 1.14 bits per heavy atom. The van der Waals surface area contributed by atoms with Crippen LogP contribution < -0.4 is 0 Å². The van der Waals surface area contributed by atoms with Crippen LogP contribution in [0.2, 0.25) is 0 Å². The first-order valence-corrected chi connectivity index (χ1v) is 18.2. The second kappa shape index (κ2) is 9.02. The van der Waals surface area contributed by atoms with Gasteiger partial charge in [-0.2, -0.15) is 0 Å². The summed E-state index contributed by atoms with van der Waals surface area (Å²) in [5.74, 6) is 0. The summed E-state index contributed by atoms with van der Waals surface area (Å²) in [4.78, 5) is 0. The number of hydrogen-bond acceptors (Lipinski definition) is 0. The standard InChI is InChI=1S/C21H25.C5H8.2ClH.Zr/c1-20(2,3)16-9-7-14-11-15-8-10-17(21(4,5)6)13-19(15)18(14)12-16;1-2-4-5-3-1;;;/h7-13H,1-6H3;1-4H2;2*1H;/q-1;;;;+2/p-2. The van der Waals surface area contributed by atoms with Crippen LogP contribution in [0.3, 0.4) is 0 Å². The van der Waals surface area contributed by atoms with Crippen LogP contribution in [-0.4, -0.2) is 3.21 Å². The van der Waals surface area contributed by atoms with E-state index in [4.69, 9.17) is 17.0 Å². The Labute approximate surface area is 191 Å². The van der Waals surface area contributed by atoms with Crippen molar-refractivity contribution in [1.29, 1.82) is 0 Å². The van der Waals surface area contributed by atoms with E-state index in [0.717, 1.165) is 0 Å². The summed E-state index contributed by atoms with van der Waals surface area (Å²) < 4.78 is 1.52. The van der Waals surface area contributed by atoms with E-state index < -0.39 is 18.9 Å². The molecule has 1 aliphatic carbocycles. The van der Waals surface area contributed by atoms with E-state index in [2.05, 4.69) is 84.0 Å². The van der Waals surface area contributed by atoms with Crippen molar-refractivity contribution in [2.75, 3.05) is 0 Å². The van der Waals surface area contributed by atoms with Gasteiger partial charge in [0.25, 0.3) is 0 Å². The Morgan fingerprint density at radius 1 is 0.724 bits per heavy atom. The molecule has 0 amide bonds. The summed E-state index contributed by atoms with van der Waals surface area (Å²) in [5, 5.41) is 5.49. The molecule has 29 heavy (non-hydrogen) atoms. The molecule has 0 N–H and O–H groups in total. The van der Waals surface area contributed by atoms with Gasteiger partial charge in [-0.15, -0.1) is 39.7 Å². The van der Waals surface area contributed by atoms with Gasteiger partial charge >= 0.3 is 64.8 Å². The number of halogens is 2. The summed E-state index contributed by atoms with van der Waals surface area (Å²) >= 11 is -1.85. The van der Waals surface area contributed by atoms with Crippen molar-refractivity contribution >= 4 is 41.8 Å². The van der Waals surface area contributed by atoms with Crippen molar-refractivity contribution in [3.8, 4) is 0 Å². The molecule has 0 aromatic heterocycles. The molecule has 0 atom stereocenters. The van der Waals surface area contributed by atoms with Crippen molar-refractivity contribution in [3.63, 3.8) is 0 Å². The zero-order valence-electron chi connectivity index (χ0n) is 18.6. The monoisotopic (exact) mass is 505 g/mol. The molecule has 1 saturated carbocycles. The molecular formula is C26H33Cl2Zr-. The molecule has 0 aliphatic heterocycles. The average molecular weight is 508 g/mol. The minimum absolute atomic E-state index is 0.194. The predicted octanol–water partition coefficient (Wildman–Crippen LogP) is 8.97. The van der Waals surface area contributed by atoms with Crippen LogP contribution in [0, 0.1) is 0 Å². The Bertz CT molecular complexity index is 962. The van der Waals surface area contributed by atoms with Crippen molar-refractivity contribution in [3.05, 3.63) is 53.6 Å². The fourth-order valence-electron chi connectivity index (χ4n) is 3.92. The minimum atomic E-state index is -1.85. The Balaban J connectivity index is 0.000000252. The third kappa shape index (κ3) is 5.67. The summed E-state index contributed by atoms with van der Waals surface area (Å²) in [6.45, 7) is 13.7. The molecule has 0 spiro atoms. The van der Waals surface area contributed by atoms with E-state index >= 15 is 0 Å². The van der Waals surface area contributed by atoms with Gasteiger partial charge in [-0.05, 0) is 10.8 Å². The summed E-state index contributed by atoms with van der Waals surface area (Å²) in [7, 11) is 11.6. The van der Waals surface area contributed by atoms with E-state index in [-0.39, 0.29) is 10.8 Å². The Kier molecular flexibility index (Phi) is 7.25. The van der Waals surface area contributed by atoms with Gasteiger partial charge in [0.05, 0.1) is 0 Å². The average Bonchev–Trinajstić information content (AvgIpc) is 3.27. The third-order valence-corrected chi connectivity index (χ3v) is 11.6. The zero-order chi connectivity index (χ0) is 21.4. The van der Waals surface area contributed by atoms with Crippen LogP contribution in [0.25, 0.3) is 21.5 Å². The van der Waals surface area contributed by atoms with Gasteiger partial charge in [-0.25, -0.2) is 0 Å². The number of hydrogen-bond donors (Lipinski definition) is 0. The number of fused-ring (bicyclic) bond motifs is 3. The molecule has 0 nitrogen and oxygen atoms in total. The van der Waals surface area contributed by atoms with Crippen LogP contribution in [0.4, 0.5) is 0 Å². The Hall–Kier alpha value is -0.357. The number of benzene rings is 2. The van der Waals surface area contributed by atoms with Gasteiger partial charge < -0.3 is 0 Å². The molecule has 0 bridgehead atoms. The molecule has 156 valence electrons. The van der Waals surface area contributed by atoms with Gasteiger partial charge in [0.1, 0.15) is 0 Å². The maximum absolute atomic E-state index is 5.81. The molecule has 3 heteroatoms. The molecular weight excluding hydrogens is 474 g/mol. The van der Waals surface area contributed by atoms with Gasteiger partial charge in [-0.3, -0.25) is 0 Å². The molecule has 3 aromatic carbocycles. The normalized spacial score (nSPS) is 15.0. The van der Waals surface area contributed by atoms with Crippen LogP contribution in [0.1, 0.15) is 78.4 Å². The summed E-state index contributed by atoms with van der Waals surface area (Å²) in [6, 6.07) is 16.1. The van der Waals surface area contributed by atoms with E-state index in [9.17, 15) is 0 Å². The molecule has 0 heterocycles. The second-order valence-electron chi connectivity index (χ2n) is 10.3. The topological polar surface area (TPSA) is 0 Å². The predicted molar refractivity (Wildman–Crippen MR) is 130 cm³/mol. The van der Waals surface area contributed by atoms with Gasteiger partial charge in [0.2, 0.25) is 0 Å². The molecule has 0 saturated heterocycles. The van der Waals surface area contributed by atoms with Crippen LogP contribution in [-0.2, 0) is 29.7 Å². The van der Waals surface area contributed by atoms with Gasteiger partial charge in [0, 0.05) is 0 Å². The van der Waals surface area contributed by atoms with E-state index in [1.807, 2.05) is 0 Å². The van der Waals surface area contributed by atoms with E-state index in [1.165, 1.54) is 61.6 Å². The zero-order valence-corrected chi connectivity index (χ0v) is 22.6. The SMILES string of the molecule is CC(C)(C)c1ccc2[cH-]c3ccc(C(C)(C)C)cc3c2c1.[Cl][Zr]([Cl])=[C]1CCCC1. The van der Waals surface area contributed by atoms with Crippen molar-refractivity contribution < 1.29 is 18.9 Å². The molecule has 4 rings (SSSR count). The number of rotatable bonds is 0. The van der Waals surface area contributed by atoms with Crippen molar-refractivity contribution in [2.24, 2.45) is 0 Å². The molecule has 1 fully saturated rings. The van der Waals surface area contributed by atoms with E-state index in [0.29, 0.717) is 0 Å². The van der Waals surface area contributed by atoms with Gasteiger partial charge in [-0.1, -0.05) is 76.9 Å². The molecule has 0 unspecified atom stereocenters. The van der Waals surface area contributed by atoms with Gasteiger partial charge in [0.15, 0.2) is 0 Å². The fourth-order valence-corrected chi connectivity index (χ4v) is 7.96. The molecule has 0 radical (unpaired) electrons. The van der Waals surface area contributed by atoms with Crippen LogP contribution in [0.15, 0.2) is 42.5 Å². The molecule has 3 aromatic rings. The first-order valence-electron chi connectivity index (χ1n) is 10.6. The fraction of sp³-hybridized carbons (Fsp3) is 0.462. The third-order valence-electron chi connectivity index (χ3n) is 5.91. The summed E-state index contributed by atoms with van der Waals surface area (Å²) in [5.41, 5.74) is 3.20. The van der Waals surface area contributed by atoms with Crippen LogP contribution >= 0.6 is 17.0 Å². The first kappa shape index (κ1) is 23.3. The maximum atomic E-state index is 5.81. The van der Waals surface area contributed by atoms with Crippen molar-refractivity contribution in [2.45, 2.75) is 78.1 Å². The van der Waals surface area contributed by atoms with E-state index in [1.54, 1.807) is 0 Å². The molecule has 1 aliphatic rings.